The highest BCUT2D eigenvalue weighted by Crippen LogP contribution is 2.17. The third-order valence-corrected chi connectivity index (χ3v) is 3.42. The molecule has 1 rings (SSSR count). The summed E-state index contributed by atoms with van der Waals surface area (Å²) in [4.78, 5) is 13.3. The van der Waals surface area contributed by atoms with Crippen molar-refractivity contribution in [3.8, 4) is 6.07 Å². The normalized spacial score (nSPS) is 21.7. The number of nitrogens with two attached hydrogens (primary N) is 2. The number of carbonyl (C=O) groups is 1. The predicted octanol–water partition coefficient (Wildman–Crippen LogP) is 0.205. The van der Waals surface area contributed by atoms with Crippen LogP contribution >= 0.6 is 0 Å². The molecule has 17 heavy (non-hydrogen) atoms. The van der Waals surface area contributed by atoms with Crippen LogP contribution in [0, 0.1) is 17.2 Å². The summed E-state index contributed by atoms with van der Waals surface area (Å²) in [5.74, 6) is -0.131. The van der Waals surface area contributed by atoms with Gasteiger partial charge in [-0.05, 0) is 52.2 Å². The number of nitriles is 1. The van der Waals surface area contributed by atoms with Crippen molar-refractivity contribution in [3.63, 3.8) is 0 Å². The van der Waals surface area contributed by atoms with E-state index in [1.807, 2.05) is 0 Å². The maximum atomic E-state index is 11.0. The van der Waals surface area contributed by atoms with Gasteiger partial charge >= 0.3 is 0 Å². The Kier molecular flexibility index (Phi) is 4.91. The molecule has 0 radical (unpaired) electrons. The molecule has 1 saturated heterocycles. The van der Waals surface area contributed by atoms with Gasteiger partial charge in [-0.25, -0.2) is 0 Å². The van der Waals surface area contributed by atoms with Crippen LogP contribution < -0.4 is 11.5 Å². The maximum Gasteiger partial charge on any atom is 0.220 e. The van der Waals surface area contributed by atoms with E-state index in [0.717, 1.165) is 38.9 Å². The molecule has 5 heteroatoms. The molecule has 1 atom stereocenters. The van der Waals surface area contributed by atoms with E-state index in [1.165, 1.54) is 0 Å². The Bertz CT molecular complexity index is 300. The average Bonchev–Trinajstić information content (AvgIpc) is 2.29. The molecule has 1 unspecified atom stereocenters. The quantitative estimate of drug-likeness (QED) is 0.715. The summed E-state index contributed by atoms with van der Waals surface area (Å²) >= 11 is 0. The highest BCUT2D eigenvalue weighted by Gasteiger charge is 2.23. The molecule has 5 nitrogen and oxygen atoms in total. The number of amides is 1. The van der Waals surface area contributed by atoms with Crippen LogP contribution in [-0.2, 0) is 4.79 Å². The van der Waals surface area contributed by atoms with Gasteiger partial charge in [-0.2, -0.15) is 5.26 Å². The van der Waals surface area contributed by atoms with E-state index >= 15 is 0 Å². The summed E-state index contributed by atoms with van der Waals surface area (Å²) in [6, 6.07) is 2.10. The molecule has 0 saturated carbocycles. The number of carbonyl (C=O) groups excluding carboxylic acids is 1. The van der Waals surface area contributed by atoms with Gasteiger partial charge in [0.2, 0.25) is 5.91 Å². The van der Waals surface area contributed by atoms with Crippen LogP contribution in [0.5, 0.6) is 0 Å². The SMILES string of the molecule is CC(N)(C#N)CCCN1CCC(C(N)=O)CC1. The Morgan fingerprint density at radius 3 is 2.59 bits per heavy atom. The first kappa shape index (κ1) is 13.9. The molecule has 1 aliphatic rings. The lowest BCUT2D eigenvalue weighted by Crippen LogP contribution is -2.40. The lowest BCUT2D eigenvalue weighted by Gasteiger charge is -2.30. The Labute approximate surface area is 103 Å². The monoisotopic (exact) mass is 238 g/mol. The molecule has 0 spiro atoms. The van der Waals surface area contributed by atoms with Crippen molar-refractivity contribution in [3.05, 3.63) is 0 Å². The fourth-order valence-corrected chi connectivity index (χ4v) is 2.17. The van der Waals surface area contributed by atoms with Crippen LogP contribution in [0.2, 0.25) is 0 Å². The fourth-order valence-electron chi connectivity index (χ4n) is 2.17. The summed E-state index contributed by atoms with van der Waals surface area (Å²) in [6.07, 6.45) is 3.34. The van der Waals surface area contributed by atoms with Gasteiger partial charge in [-0.3, -0.25) is 4.79 Å². The van der Waals surface area contributed by atoms with Crippen molar-refractivity contribution >= 4 is 5.91 Å². The molecule has 4 N–H and O–H groups in total. The Morgan fingerprint density at radius 1 is 1.53 bits per heavy atom. The molecule has 1 aliphatic heterocycles. The highest BCUT2D eigenvalue weighted by atomic mass is 16.1. The second-order valence-corrected chi connectivity index (χ2v) is 5.15. The van der Waals surface area contributed by atoms with Gasteiger partial charge in [0.1, 0.15) is 5.54 Å². The van der Waals surface area contributed by atoms with Gasteiger partial charge in [-0.1, -0.05) is 0 Å². The van der Waals surface area contributed by atoms with E-state index in [0.29, 0.717) is 6.42 Å². The Morgan fingerprint density at radius 2 is 2.12 bits per heavy atom. The molecule has 0 aromatic rings. The standard InChI is InChI=1S/C12H22N4O/c1-12(15,9-13)5-2-6-16-7-3-10(4-8-16)11(14)17/h10H,2-8,15H2,1H3,(H2,14,17). The number of piperidine rings is 1. The van der Waals surface area contributed by atoms with Crippen LogP contribution in [-0.4, -0.2) is 36.0 Å². The predicted molar refractivity (Wildman–Crippen MR) is 65.8 cm³/mol. The molecule has 0 aromatic heterocycles. The zero-order chi connectivity index (χ0) is 12.9. The summed E-state index contributed by atoms with van der Waals surface area (Å²) < 4.78 is 0. The number of nitrogens with zero attached hydrogens (tertiary/aromatic N) is 2. The summed E-state index contributed by atoms with van der Waals surface area (Å²) in [7, 11) is 0. The lowest BCUT2D eigenvalue weighted by atomic mass is 9.95. The van der Waals surface area contributed by atoms with Crippen molar-refractivity contribution in [2.75, 3.05) is 19.6 Å². The Hall–Kier alpha value is -1.12. The first-order chi connectivity index (χ1) is 7.94. The van der Waals surface area contributed by atoms with Crippen LogP contribution in [0.25, 0.3) is 0 Å². The van der Waals surface area contributed by atoms with Crippen molar-refractivity contribution < 1.29 is 4.79 Å². The van der Waals surface area contributed by atoms with Gasteiger partial charge < -0.3 is 16.4 Å². The number of likely N-dealkylation sites (tertiary alicyclic amines) is 1. The van der Waals surface area contributed by atoms with Gasteiger partial charge in [0.25, 0.3) is 0 Å². The second kappa shape index (κ2) is 5.99. The van der Waals surface area contributed by atoms with E-state index in [9.17, 15) is 4.79 Å². The number of hydrogen-bond donors (Lipinski definition) is 2. The third kappa shape index (κ3) is 4.72. The molecular weight excluding hydrogens is 216 g/mol. The number of hydrogen-bond acceptors (Lipinski definition) is 4. The highest BCUT2D eigenvalue weighted by molar-refractivity contribution is 5.76. The van der Waals surface area contributed by atoms with Crippen molar-refractivity contribution in [2.45, 2.75) is 38.1 Å². The smallest absolute Gasteiger partial charge is 0.220 e. The average molecular weight is 238 g/mol. The second-order valence-electron chi connectivity index (χ2n) is 5.15. The molecule has 1 heterocycles. The van der Waals surface area contributed by atoms with E-state index in [2.05, 4.69) is 11.0 Å². The first-order valence-corrected chi connectivity index (χ1v) is 6.16. The molecule has 0 aromatic carbocycles. The van der Waals surface area contributed by atoms with E-state index in [1.54, 1.807) is 6.92 Å². The fraction of sp³-hybridized carbons (Fsp3) is 0.833. The first-order valence-electron chi connectivity index (χ1n) is 6.16. The van der Waals surface area contributed by atoms with Gasteiger partial charge in [0.05, 0.1) is 6.07 Å². The molecule has 96 valence electrons. The maximum absolute atomic E-state index is 11.0. The van der Waals surface area contributed by atoms with Crippen molar-refractivity contribution in [1.29, 1.82) is 5.26 Å². The van der Waals surface area contributed by atoms with Crippen LogP contribution in [0.15, 0.2) is 0 Å². The summed E-state index contributed by atoms with van der Waals surface area (Å²) in [6.45, 7) is 4.54. The number of rotatable bonds is 5. The lowest BCUT2D eigenvalue weighted by molar-refractivity contribution is -0.123. The Balaban J connectivity index is 2.19. The minimum atomic E-state index is -0.717. The van der Waals surface area contributed by atoms with Crippen LogP contribution in [0.4, 0.5) is 0 Å². The van der Waals surface area contributed by atoms with Gasteiger partial charge in [0.15, 0.2) is 0 Å². The molecule has 1 fully saturated rings. The van der Waals surface area contributed by atoms with Gasteiger partial charge in [-0.15, -0.1) is 0 Å². The molecule has 0 aliphatic carbocycles. The topological polar surface area (TPSA) is 96.1 Å². The molecular formula is C12H22N4O. The van der Waals surface area contributed by atoms with Crippen molar-refractivity contribution in [2.24, 2.45) is 17.4 Å². The zero-order valence-electron chi connectivity index (χ0n) is 10.5. The van der Waals surface area contributed by atoms with Crippen molar-refractivity contribution in [1.82, 2.24) is 4.90 Å². The van der Waals surface area contributed by atoms with E-state index in [-0.39, 0.29) is 11.8 Å². The summed E-state index contributed by atoms with van der Waals surface area (Å²) in [5, 5.41) is 8.79. The third-order valence-electron chi connectivity index (χ3n) is 3.42. The van der Waals surface area contributed by atoms with E-state index in [4.69, 9.17) is 16.7 Å². The minimum absolute atomic E-state index is 0.0464. The zero-order valence-corrected chi connectivity index (χ0v) is 10.5. The van der Waals surface area contributed by atoms with E-state index < -0.39 is 5.54 Å². The van der Waals surface area contributed by atoms with Crippen LogP contribution in [0.1, 0.15) is 32.6 Å². The largest absolute Gasteiger partial charge is 0.369 e. The molecule has 1 amide bonds. The molecule has 0 bridgehead atoms. The van der Waals surface area contributed by atoms with Gasteiger partial charge in [0, 0.05) is 5.92 Å². The summed E-state index contributed by atoms with van der Waals surface area (Å²) in [5.41, 5.74) is 10.3. The van der Waals surface area contributed by atoms with Crippen LogP contribution in [0.3, 0.4) is 0 Å². The number of primary amides is 1. The minimum Gasteiger partial charge on any atom is -0.369 e.